The van der Waals surface area contributed by atoms with Gasteiger partial charge >= 0.3 is 0 Å². The van der Waals surface area contributed by atoms with E-state index in [1.54, 1.807) is 21.9 Å². The number of aryl methyl sites for hydroxylation is 2. The van der Waals surface area contributed by atoms with Gasteiger partial charge in [-0.2, -0.15) is 4.31 Å². The first-order valence-electron chi connectivity index (χ1n) is 10.6. The van der Waals surface area contributed by atoms with Crippen LogP contribution in [0.15, 0.2) is 47.4 Å². The molecule has 9 heteroatoms. The largest absolute Gasteiger partial charge is 0.339 e. The molecule has 0 bridgehead atoms. The van der Waals surface area contributed by atoms with Gasteiger partial charge in [0.25, 0.3) is 0 Å². The van der Waals surface area contributed by atoms with Crippen LogP contribution in [0.4, 0.5) is 5.69 Å². The zero-order valence-corrected chi connectivity index (χ0v) is 19.7. The van der Waals surface area contributed by atoms with Gasteiger partial charge in [0, 0.05) is 43.4 Å². The van der Waals surface area contributed by atoms with Crippen LogP contribution in [-0.4, -0.2) is 62.2 Å². The Morgan fingerprint density at radius 2 is 1.69 bits per heavy atom. The topological polar surface area (TPSA) is 78.0 Å². The van der Waals surface area contributed by atoms with Crippen molar-refractivity contribution in [1.82, 2.24) is 9.21 Å². The van der Waals surface area contributed by atoms with Crippen molar-refractivity contribution in [3.63, 3.8) is 0 Å². The summed E-state index contributed by atoms with van der Waals surface area (Å²) in [5.41, 5.74) is 3.06. The van der Waals surface area contributed by atoms with Gasteiger partial charge in [0.15, 0.2) is 0 Å². The van der Waals surface area contributed by atoms with Crippen molar-refractivity contribution in [3.8, 4) is 0 Å². The fourth-order valence-corrected chi connectivity index (χ4v) is 5.93. The SMILES string of the molecule is Cc1ccc(N2CCC(C(=O)N3CCN(S(=O)(=O)c4cccc(Cl)c4)CC3)C2=O)cc1C. The highest BCUT2D eigenvalue weighted by Crippen LogP contribution is 2.29. The summed E-state index contributed by atoms with van der Waals surface area (Å²) < 4.78 is 27.1. The first kappa shape index (κ1) is 22.8. The van der Waals surface area contributed by atoms with Crippen molar-refractivity contribution >= 4 is 39.1 Å². The summed E-state index contributed by atoms with van der Waals surface area (Å²) in [4.78, 5) is 29.5. The molecule has 0 spiro atoms. The lowest BCUT2D eigenvalue weighted by Gasteiger charge is -2.35. The molecule has 0 N–H and O–H groups in total. The maximum atomic E-state index is 13.1. The number of piperazine rings is 1. The second-order valence-electron chi connectivity index (χ2n) is 8.29. The van der Waals surface area contributed by atoms with Crippen molar-refractivity contribution in [2.45, 2.75) is 25.2 Å². The number of sulfonamides is 1. The van der Waals surface area contributed by atoms with Crippen LogP contribution in [0.3, 0.4) is 0 Å². The number of benzene rings is 2. The van der Waals surface area contributed by atoms with Gasteiger partial charge in [-0.15, -0.1) is 0 Å². The molecule has 2 aliphatic rings. The van der Waals surface area contributed by atoms with Crippen molar-refractivity contribution in [1.29, 1.82) is 0 Å². The lowest BCUT2D eigenvalue weighted by atomic mass is 10.1. The van der Waals surface area contributed by atoms with Crippen LogP contribution < -0.4 is 4.90 Å². The van der Waals surface area contributed by atoms with E-state index < -0.39 is 15.9 Å². The number of amides is 2. The Kier molecular flexibility index (Phi) is 6.29. The number of anilines is 1. The fourth-order valence-electron chi connectivity index (χ4n) is 4.20. The summed E-state index contributed by atoms with van der Waals surface area (Å²) in [7, 11) is -3.68. The monoisotopic (exact) mass is 475 g/mol. The summed E-state index contributed by atoms with van der Waals surface area (Å²) in [6.07, 6.45) is 0.464. The van der Waals surface area contributed by atoms with E-state index in [4.69, 9.17) is 11.6 Å². The molecular formula is C23H26ClN3O4S. The highest BCUT2D eigenvalue weighted by atomic mass is 35.5. The summed E-state index contributed by atoms with van der Waals surface area (Å²) in [6, 6.07) is 12.0. The van der Waals surface area contributed by atoms with Gasteiger partial charge in [-0.05, 0) is 61.7 Å². The number of hydrogen-bond acceptors (Lipinski definition) is 4. The predicted octanol–water partition coefficient (Wildman–Crippen LogP) is 2.84. The Labute approximate surface area is 193 Å². The quantitative estimate of drug-likeness (QED) is 0.637. The number of carbonyl (C=O) groups excluding carboxylic acids is 2. The van der Waals surface area contributed by atoms with Gasteiger partial charge in [-0.1, -0.05) is 23.7 Å². The molecule has 170 valence electrons. The Morgan fingerprint density at radius 1 is 0.969 bits per heavy atom. The molecule has 1 unspecified atom stereocenters. The molecule has 2 amide bonds. The predicted molar refractivity (Wildman–Crippen MR) is 123 cm³/mol. The van der Waals surface area contributed by atoms with Crippen molar-refractivity contribution in [3.05, 3.63) is 58.6 Å². The fraction of sp³-hybridized carbons (Fsp3) is 0.391. The molecule has 2 heterocycles. The number of hydrogen-bond donors (Lipinski definition) is 0. The molecule has 4 rings (SSSR count). The van der Waals surface area contributed by atoms with E-state index in [0.717, 1.165) is 16.8 Å². The lowest BCUT2D eigenvalue weighted by molar-refractivity contribution is -0.140. The zero-order chi connectivity index (χ0) is 23.0. The molecule has 0 aliphatic carbocycles. The van der Waals surface area contributed by atoms with Crippen LogP contribution in [0, 0.1) is 19.8 Å². The Hall–Kier alpha value is -2.42. The Morgan fingerprint density at radius 3 is 2.34 bits per heavy atom. The van der Waals surface area contributed by atoms with Gasteiger partial charge < -0.3 is 9.80 Å². The van der Waals surface area contributed by atoms with E-state index in [0.29, 0.717) is 18.0 Å². The van der Waals surface area contributed by atoms with Crippen molar-refractivity contribution in [2.24, 2.45) is 5.92 Å². The Bertz CT molecular complexity index is 1160. The van der Waals surface area contributed by atoms with Gasteiger partial charge in [0.2, 0.25) is 21.8 Å². The van der Waals surface area contributed by atoms with Crippen molar-refractivity contribution in [2.75, 3.05) is 37.6 Å². The highest BCUT2D eigenvalue weighted by molar-refractivity contribution is 7.89. The minimum absolute atomic E-state index is 0.139. The summed E-state index contributed by atoms with van der Waals surface area (Å²) in [5, 5.41) is 0.355. The zero-order valence-electron chi connectivity index (χ0n) is 18.1. The molecule has 2 aliphatic heterocycles. The average molecular weight is 476 g/mol. The van der Waals surface area contributed by atoms with E-state index in [9.17, 15) is 18.0 Å². The van der Waals surface area contributed by atoms with Gasteiger partial charge in [-0.3, -0.25) is 9.59 Å². The molecule has 0 saturated carbocycles. The standard InChI is InChI=1S/C23H26ClN3O4S/c1-16-6-7-19(14-17(16)2)27-9-8-21(23(27)29)22(28)25-10-12-26(13-11-25)32(30,31)20-5-3-4-18(24)15-20/h3-7,14-15,21H,8-13H2,1-2H3. The number of halogens is 1. The van der Waals surface area contributed by atoms with Gasteiger partial charge in [0.1, 0.15) is 5.92 Å². The molecule has 32 heavy (non-hydrogen) atoms. The maximum Gasteiger partial charge on any atom is 0.243 e. The first-order chi connectivity index (χ1) is 15.2. The van der Waals surface area contributed by atoms with Crippen LogP contribution >= 0.6 is 11.6 Å². The molecule has 2 aromatic rings. The van der Waals surface area contributed by atoms with Crippen LogP contribution in [0.1, 0.15) is 17.5 Å². The number of nitrogens with zero attached hydrogens (tertiary/aromatic N) is 3. The molecule has 7 nitrogen and oxygen atoms in total. The molecule has 2 aromatic carbocycles. The third kappa shape index (κ3) is 4.27. The van der Waals surface area contributed by atoms with Crippen LogP contribution in [0.2, 0.25) is 5.02 Å². The number of carbonyl (C=O) groups is 2. The number of rotatable bonds is 4. The third-order valence-corrected chi connectivity index (χ3v) is 8.42. The van der Waals surface area contributed by atoms with Gasteiger partial charge in [0.05, 0.1) is 4.90 Å². The normalized spacial score (nSPS) is 20.1. The highest BCUT2D eigenvalue weighted by Gasteiger charge is 2.41. The molecule has 0 aromatic heterocycles. The molecular weight excluding hydrogens is 450 g/mol. The van der Waals surface area contributed by atoms with E-state index in [1.165, 1.54) is 16.4 Å². The van der Waals surface area contributed by atoms with E-state index in [2.05, 4.69) is 0 Å². The summed E-state index contributed by atoms with van der Waals surface area (Å²) in [5.74, 6) is -1.12. The van der Waals surface area contributed by atoms with Crippen molar-refractivity contribution < 1.29 is 18.0 Å². The van der Waals surface area contributed by atoms with E-state index in [1.807, 2.05) is 32.0 Å². The molecule has 2 fully saturated rings. The maximum absolute atomic E-state index is 13.1. The molecule has 2 saturated heterocycles. The summed E-state index contributed by atoms with van der Waals surface area (Å²) >= 11 is 5.94. The average Bonchev–Trinajstić information content (AvgIpc) is 3.16. The molecule has 1 atom stereocenters. The Balaban J connectivity index is 1.40. The first-order valence-corrected chi connectivity index (χ1v) is 12.4. The molecule has 0 radical (unpaired) electrons. The minimum Gasteiger partial charge on any atom is -0.339 e. The van der Waals surface area contributed by atoms with E-state index in [-0.39, 0.29) is 42.9 Å². The van der Waals surface area contributed by atoms with Crippen LogP contribution in [0.5, 0.6) is 0 Å². The van der Waals surface area contributed by atoms with E-state index >= 15 is 0 Å². The minimum atomic E-state index is -3.68. The second kappa shape index (κ2) is 8.84. The lowest BCUT2D eigenvalue weighted by Crippen LogP contribution is -2.52. The third-order valence-electron chi connectivity index (χ3n) is 6.29. The summed E-state index contributed by atoms with van der Waals surface area (Å²) in [6.45, 7) is 5.39. The van der Waals surface area contributed by atoms with Gasteiger partial charge in [-0.25, -0.2) is 8.42 Å². The van der Waals surface area contributed by atoms with Crippen LogP contribution in [-0.2, 0) is 19.6 Å². The van der Waals surface area contributed by atoms with Crippen LogP contribution in [0.25, 0.3) is 0 Å². The smallest absolute Gasteiger partial charge is 0.243 e. The second-order valence-corrected chi connectivity index (χ2v) is 10.7.